The van der Waals surface area contributed by atoms with Gasteiger partial charge < -0.3 is 16.0 Å². The molecule has 3 N–H and O–H groups in total. The first-order valence-electron chi connectivity index (χ1n) is 9.47. The molecule has 0 unspecified atom stereocenters. The summed E-state index contributed by atoms with van der Waals surface area (Å²) in [5.41, 5.74) is 1.45. The maximum atomic E-state index is 14.1. The van der Waals surface area contributed by atoms with Gasteiger partial charge in [0.25, 0.3) is 5.91 Å². The Morgan fingerprint density at radius 2 is 2.07 bits per heavy atom. The summed E-state index contributed by atoms with van der Waals surface area (Å²) in [5.74, 6) is 0.296. The molecule has 3 amide bonds. The van der Waals surface area contributed by atoms with Crippen LogP contribution in [0.25, 0.3) is 11.7 Å². The maximum absolute atomic E-state index is 14.1. The number of likely N-dealkylation sites (N-methyl/N-ethyl adjacent to an activating group) is 1. The average molecular weight is 407 g/mol. The van der Waals surface area contributed by atoms with Gasteiger partial charge in [0.05, 0.1) is 11.9 Å². The molecule has 30 heavy (non-hydrogen) atoms. The van der Waals surface area contributed by atoms with Crippen LogP contribution >= 0.6 is 0 Å². The van der Waals surface area contributed by atoms with Gasteiger partial charge in [-0.2, -0.15) is 9.61 Å². The first-order chi connectivity index (χ1) is 14.5. The van der Waals surface area contributed by atoms with Crippen molar-refractivity contribution < 1.29 is 14.0 Å². The van der Waals surface area contributed by atoms with Gasteiger partial charge in [-0.25, -0.2) is 14.2 Å². The minimum absolute atomic E-state index is 0.142. The minimum atomic E-state index is -0.492. The van der Waals surface area contributed by atoms with Gasteiger partial charge in [-0.15, -0.1) is 0 Å². The first-order valence-corrected chi connectivity index (χ1v) is 9.47. The van der Waals surface area contributed by atoms with Crippen molar-refractivity contribution in [3.05, 3.63) is 53.6 Å². The molecule has 1 saturated carbocycles. The monoisotopic (exact) mass is 407 g/mol. The summed E-state index contributed by atoms with van der Waals surface area (Å²) in [5, 5.41) is 13.3. The summed E-state index contributed by atoms with van der Waals surface area (Å²) in [4.78, 5) is 29.5. The lowest BCUT2D eigenvalue weighted by atomic mass is 10.2. The Labute approximate surface area is 170 Å². The summed E-state index contributed by atoms with van der Waals surface area (Å²) in [6.07, 6.45) is 5.22. The van der Waals surface area contributed by atoms with Crippen molar-refractivity contribution in [2.75, 3.05) is 17.7 Å². The van der Waals surface area contributed by atoms with Gasteiger partial charge in [0.2, 0.25) is 0 Å². The number of aromatic nitrogens is 3. The van der Waals surface area contributed by atoms with E-state index in [9.17, 15) is 14.0 Å². The third-order valence-corrected chi connectivity index (χ3v) is 4.95. The van der Waals surface area contributed by atoms with Crippen LogP contribution in [0.3, 0.4) is 0 Å². The molecule has 3 heterocycles. The number of amides is 3. The SMILES string of the molecule is CN1C(=O)N/C(=C\c2cnn3c(NC4CC4)cc(Nc4ccccc4F)nc23)C1=O. The van der Waals surface area contributed by atoms with E-state index in [1.165, 1.54) is 19.2 Å². The molecule has 0 spiro atoms. The largest absolute Gasteiger partial charge is 0.367 e. The van der Waals surface area contributed by atoms with E-state index in [-0.39, 0.29) is 5.70 Å². The van der Waals surface area contributed by atoms with Crippen molar-refractivity contribution in [2.45, 2.75) is 18.9 Å². The van der Waals surface area contributed by atoms with E-state index >= 15 is 0 Å². The Balaban J connectivity index is 1.58. The third kappa shape index (κ3) is 3.21. The molecule has 3 aromatic rings. The number of para-hydroxylation sites is 1. The van der Waals surface area contributed by atoms with Gasteiger partial charge in [0.15, 0.2) is 5.65 Å². The van der Waals surface area contributed by atoms with Crippen molar-refractivity contribution >= 4 is 41.0 Å². The standard InChI is InChI=1S/C20H18FN7O2/c1-27-19(29)15(25-20(27)30)8-11-10-22-28-17(23-12-6-7-12)9-16(26-18(11)28)24-14-5-3-2-4-13(14)21/h2-5,8-10,12,23H,6-7H2,1H3,(H,24,26)(H,25,30)/b15-8-. The Bertz CT molecular complexity index is 1220. The fourth-order valence-electron chi connectivity index (χ4n) is 3.16. The van der Waals surface area contributed by atoms with Crippen molar-refractivity contribution in [1.82, 2.24) is 24.8 Å². The second kappa shape index (κ2) is 6.83. The summed E-state index contributed by atoms with van der Waals surface area (Å²) in [6, 6.07) is 7.95. The zero-order valence-corrected chi connectivity index (χ0v) is 16.0. The normalized spacial score (nSPS) is 17.7. The number of nitrogens with zero attached hydrogens (tertiary/aromatic N) is 4. The molecule has 1 aromatic carbocycles. The zero-order valence-electron chi connectivity index (χ0n) is 16.0. The van der Waals surface area contributed by atoms with Crippen molar-refractivity contribution in [3.8, 4) is 0 Å². The van der Waals surface area contributed by atoms with E-state index in [2.05, 4.69) is 26.0 Å². The van der Waals surface area contributed by atoms with Crippen molar-refractivity contribution in [1.29, 1.82) is 0 Å². The Morgan fingerprint density at radius 3 is 2.77 bits per heavy atom. The minimum Gasteiger partial charge on any atom is -0.367 e. The van der Waals surface area contributed by atoms with Gasteiger partial charge in [-0.1, -0.05) is 12.1 Å². The zero-order chi connectivity index (χ0) is 20.8. The predicted molar refractivity (Wildman–Crippen MR) is 109 cm³/mol. The molecule has 0 radical (unpaired) electrons. The number of carbonyl (C=O) groups excluding carboxylic acids is 2. The second-order valence-corrected chi connectivity index (χ2v) is 7.24. The van der Waals surface area contributed by atoms with E-state index in [0.717, 1.165) is 17.7 Å². The summed E-state index contributed by atoms with van der Waals surface area (Å²) in [7, 11) is 1.40. The van der Waals surface area contributed by atoms with Crippen LogP contribution in [0.2, 0.25) is 0 Å². The van der Waals surface area contributed by atoms with Crippen LogP contribution in [0.1, 0.15) is 18.4 Å². The number of halogens is 1. The quantitative estimate of drug-likeness (QED) is 0.444. The number of rotatable bonds is 5. The van der Waals surface area contributed by atoms with Crippen LogP contribution in [0.15, 0.2) is 42.2 Å². The number of carbonyl (C=O) groups is 2. The molecule has 0 bridgehead atoms. The molecule has 2 fully saturated rings. The summed E-state index contributed by atoms with van der Waals surface area (Å²) in [6.45, 7) is 0. The Hall–Kier alpha value is -3.95. The van der Waals surface area contributed by atoms with Gasteiger partial charge in [-0.3, -0.25) is 9.69 Å². The second-order valence-electron chi connectivity index (χ2n) is 7.24. The highest BCUT2D eigenvalue weighted by Crippen LogP contribution is 2.29. The average Bonchev–Trinajstić information content (AvgIpc) is 3.41. The molecule has 2 aromatic heterocycles. The Kier molecular flexibility index (Phi) is 4.12. The van der Waals surface area contributed by atoms with Gasteiger partial charge in [0.1, 0.15) is 23.1 Å². The van der Waals surface area contributed by atoms with Crippen LogP contribution in [0.4, 0.5) is 26.5 Å². The molecule has 5 rings (SSSR count). The fraction of sp³-hybridized carbons (Fsp3) is 0.200. The van der Waals surface area contributed by atoms with Gasteiger partial charge in [-0.05, 0) is 31.1 Å². The first kappa shape index (κ1) is 18.1. The third-order valence-electron chi connectivity index (χ3n) is 4.95. The van der Waals surface area contributed by atoms with E-state index in [0.29, 0.717) is 34.6 Å². The summed E-state index contributed by atoms with van der Waals surface area (Å²) < 4.78 is 15.7. The van der Waals surface area contributed by atoms with Crippen molar-refractivity contribution in [2.24, 2.45) is 0 Å². The number of imide groups is 1. The van der Waals surface area contributed by atoms with E-state index in [1.807, 2.05) is 0 Å². The lowest BCUT2D eigenvalue weighted by Crippen LogP contribution is -2.25. The molecular weight excluding hydrogens is 389 g/mol. The smallest absolute Gasteiger partial charge is 0.328 e. The van der Waals surface area contributed by atoms with E-state index in [4.69, 9.17) is 0 Å². The highest BCUT2D eigenvalue weighted by atomic mass is 19.1. The Morgan fingerprint density at radius 1 is 1.27 bits per heavy atom. The number of anilines is 3. The van der Waals surface area contributed by atoms with Gasteiger partial charge in [0, 0.05) is 24.7 Å². The molecule has 10 heteroatoms. The molecular formula is C20H18FN7O2. The van der Waals surface area contributed by atoms with Crippen LogP contribution in [0.5, 0.6) is 0 Å². The lowest BCUT2D eigenvalue weighted by molar-refractivity contribution is -0.121. The molecule has 2 aliphatic rings. The van der Waals surface area contributed by atoms with Crippen LogP contribution in [-0.4, -0.2) is 44.5 Å². The topological polar surface area (TPSA) is 104 Å². The fourth-order valence-corrected chi connectivity index (χ4v) is 3.16. The number of hydrogen-bond donors (Lipinski definition) is 3. The number of nitrogens with one attached hydrogen (secondary N) is 3. The van der Waals surface area contributed by atoms with E-state index < -0.39 is 17.8 Å². The number of fused-ring (bicyclic) bond motifs is 1. The molecule has 152 valence electrons. The molecule has 1 aliphatic heterocycles. The number of hydrogen-bond acceptors (Lipinski definition) is 6. The lowest BCUT2D eigenvalue weighted by Gasteiger charge is -2.12. The highest BCUT2D eigenvalue weighted by Gasteiger charge is 2.30. The predicted octanol–water partition coefficient (Wildman–Crippen LogP) is 2.71. The van der Waals surface area contributed by atoms with Crippen LogP contribution in [-0.2, 0) is 4.79 Å². The van der Waals surface area contributed by atoms with E-state index in [1.54, 1.807) is 35.0 Å². The molecule has 9 nitrogen and oxygen atoms in total. The highest BCUT2D eigenvalue weighted by molar-refractivity contribution is 6.14. The van der Waals surface area contributed by atoms with Crippen LogP contribution < -0.4 is 16.0 Å². The maximum Gasteiger partial charge on any atom is 0.328 e. The molecule has 1 saturated heterocycles. The van der Waals surface area contributed by atoms with Crippen molar-refractivity contribution in [3.63, 3.8) is 0 Å². The molecule has 1 aliphatic carbocycles. The molecule has 0 atom stereocenters. The van der Waals surface area contributed by atoms with Crippen LogP contribution in [0, 0.1) is 5.82 Å². The number of urea groups is 1. The number of benzene rings is 1. The summed E-state index contributed by atoms with van der Waals surface area (Å²) >= 11 is 0. The van der Waals surface area contributed by atoms with Gasteiger partial charge >= 0.3 is 6.03 Å².